The van der Waals surface area contributed by atoms with Gasteiger partial charge in [0.15, 0.2) is 0 Å². The van der Waals surface area contributed by atoms with Crippen molar-refractivity contribution in [3.05, 3.63) is 0 Å². The Labute approximate surface area is 188 Å². The molecule has 0 unspecified atom stereocenters. The van der Waals surface area contributed by atoms with Gasteiger partial charge in [0, 0.05) is 0 Å². The molecule has 0 rings (SSSR count). The van der Waals surface area contributed by atoms with E-state index < -0.39 is 23.5 Å². The van der Waals surface area contributed by atoms with Gasteiger partial charge in [-0.05, 0) is 0 Å². The molecule has 152 valence electrons. The minimum atomic E-state index is -5.39. The molecule has 0 aliphatic rings. The number of phosphoric acid groups is 3. The van der Waals surface area contributed by atoms with Crippen molar-refractivity contribution >= 4 is 92.9 Å². The molecule has 0 atom stereocenters. The van der Waals surface area contributed by atoms with Crippen molar-refractivity contribution in [2.24, 2.45) is 0 Å². The predicted octanol–water partition coefficient (Wildman–Crippen LogP) is -13.8. The number of rotatable bonds is 0. The zero-order valence-corrected chi connectivity index (χ0v) is 19.2. The first kappa shape index (κ1) is 104. The maximum Gasteiger partial charge on any atom is 3.00 e. The van der Waals surface area contributed by atoms with Crippen LogP contribution in [0.25, 0.3) is 0 Å². The summed E-state index contributed by atoms with van der Waals surface area (Å²) < 4.78 is 25.6. The van der Waals surface area contributed by atoms with Crippen molar-refractivity contribution in [1.29, 1.82) is 0 Å². The minimum Gasteiger partial charge on any atom is -0.870 e. The van der Waals surface area contributed by atoms with Gasteiger partial charge in [-0.25, -0.2) is 0 Å². The molecule has 11 N–H and O–H groups in total. The second-order valence-corrected chi connectivity index (χ2v) is 4.02. The van der Waals surface area contributed by atoms with Crippen LogP contribution in [-0.2, 0) is 13.7 Å². The molecule has 0 aromatic carbocycles. The monoisotopic (exact) mass is 516 g/mol. The second-order valence-electron chi connectivity index (χ2n) is 1.34. The third kappa shape index (κ3) is 3490. The molecule has 0 spiro atoms. The Kier molecular flexibility index (Phi) is 182. The van der Waals surface area contributed by atoms with Crippen LogP contribution in [0.3, 0.4) is 0 Å². The van der Waals surface area contributed by atoms with E-state index in [-0.39, 0.29) is 108 Å². The number of hydrogen-bond donors (Lipinski definition) is 0. The van der Waals surface area contributed by atoms with Crippen LogP contribution >= 0.6 is 23.5 Å². The van der Waals surface area contributed by atoms with Crippen molar-refractivity contribution in [2.75, 3.05) is 0 Å². The van der Waals surface area contributed by atoms with Gasteiger partial charge in [0.05, 0.1) is 0 Å². The van der Waals surface area contributed by atoms with E-state index >= 15 is 0 Å². The molecule has 0 saturated heterocycles. The van der Waals surface area contributed by atoms with Gasteiger partial charge in [0.1, 0.15) is 0 Å². The van der Waals surface area contributed by atoms with Crippen LogP contribution in [0.4, 0.5) is 0 Å². The molecule has 0 aromatic heterocycles. The van der Waals surface area contributed by atoms with Gasteiger partial charge in [-0.2, -0.15) is 23.5 Å². The summed E-state index contributed by atoms with van der Waals surface area (Å²) >= 11 is 0. The summed E-state index contributed by atoms with van der Waals surface area (Å²) in [4.78, 5) is 76.9. The van der Waals surface area contributed by atoms with Gasteiger partial charge < -0.3 is 96.1 Å². The Balaban J connectivity index is -0.00000000571. The first-order valence-electron chi connectivity index (χ1n) is 2.19. The van der Waals surface area contributed by atoms with Gasteiger partial charge in [0.2, 0.25) is 0 Å². The molecule has 26 heteroatoms. The third-order valence-electron chi connectivity index (χ3n) is 0. The summed E-state index contributed by atoms with van der Waals surface area (Å²) in [7, 11) is -16.2. The van der Waals surface area contributed by atoms with Gasteiger partial charge in [0.25, 0.3) is 0 Å². The van der Waals surface area contributed by atoms with E-state index in [1.54, 1.807) is 0 Å². The van der Waals surface area contributed by atoms with Crippen LogP contribution in [0, 0.1) is 0 Å². The topological polar surface area (TPSA) is 475 Å². The second kappa shape index (κ2) is 45.7. The minimum absolute atomic E-state index is 0. The molecule has 0 radical (unpaired) electrons. The molecular formula is H11Al4O19P3. The fourth-order valence-electron chi connectivity index (χ4n) is 0. The molecule has 0 aromatic rings. The van der Waals surface area contributed by atoms with E-state index in [1.807, 2.05) is 0 Å². The van der Waals surface area contributed by atoms with Crippen molar-refractivity contribution < 1.29 is 96.1 Å². The van der Waals surface area contributed by atoms with E-state index in [4.69, 9.17) is 57.7 Å². The quantitative estimate of drug-likeness (QED) is 0.213. The van der Waals surface area contributed by atoms with E-state index in [1.165, 1.54) is 0 Å². The Morgan fingerprint density at radius 3 is 0.346 bits per heavy atom. The van der Waals surface area contributed by atoms with Gasteiger partial charge in [-0.3, -0.25) is 0 Å². The molecular weight excluding hydrogens is 505 g/mol. The Morgan fingerprint density at radius 2 is 0.346 bits per heavy atom. The first-order chi connectivity index (χ1) is 6.00. The fraction of sp³-hybridized carbons (Fsp3) is 0. The largest absolute Gasteiger partial charge is 3.00 e. The molecule has 0 saturated carbocycles. The zero-order chi connectivity index (χ0) is 13.5. The molecule has 0 aliphatic carbocycles. The molecule has 0 amide bonds. The van der Waals surface area contributed by atoms with E-state index in [0.29, 0.717) is 0 Å². The van der Waals surface area contributed by atoms with Crippen molar-refractivity contribution in [3.8, 4) is 0 Å². The smallest absolute Gasteiger partial charge is 0.870 e. The number of hydrogen-bond acceptors (Lipinski definition) is 15. The van der Waals surface area contributed by atoms with Crippen LogP contribution in [0.1, 0.15) is 0 Å². The normalized spacial score (nSPS) is 6.81. The maximum atomic E-state index is 8.55. The predicted molar refractivity (Wildman–Crippen MR) is 66.1 cm³/mol. The zero-order valence-electron chi connectivity index (χ0n) is 11.9. The standard InChI is InChI=1S/4Al.3H3O4P.7H2O/c;;;;3*1-5(2,3)4;;;;;;;/h;;;;3*(H3,1,2,3,4);7*1H2/q4*+3;;;;;;;;;;/p-12. The summed E-state index contributed by atoms with van der Waals surface area (Å²) in [6.45, 7) is 0. The molecule has 0 heterocycles. The van der Waals surface area contributed by atoms with Gasteiger partial charge >= 0.3 is 69.4 Å². The van der Waals surface area contributed by atoms with E-state index in [9.17, 15) is 0 Å². The summed E-state index contributed by atoms with van der Waals surface area (Å²) in [5.41, 5.74) is 0. The van der Waals surface area contributed by atoms with E-state index in [2.05, 4.69) is 0 Å². The van der Waals surface area contributed by atoms with Crippen molar-refractivity contribution in [3.63, 3.8) is 0 Å². The molecule has 0 bridgehead atoms. The van der Waals surface area contributed by atoms with Crippen LogP contribution < -0.4 is 44.0 Å². The maximum absolute atomic E-state index is 8.55. The van der Waals surface area contributed by atoms with Crippen LogP contribution in [-0.4, -0.2) is 108 Å². The summed E-state index contributed by atoms with van der Waals surface area (Å²) in [6, 6.07) is 0. The van der Waals surface area contributed by atoms with Crippen molar-refractivity contribution in [2.45, 2.75) is 0 Å². The van der Waals surface area contributed by atoms with Crippen LogP contribution in [0.2, 0.25) is 0 Å². The average molecular weight is 516 g/mol. The Bertz CT molecular complexity index is 215. The van der Waals surface area contributed by atoms with Crippen LogP contribution in [0.5, 0.6) is 0 Å². The Morgan fingerprint density at radius 1 is 0.346 bits per heavy atom. The van der Waals surface area contributed by atoms with Gasteiger partial charge in [-0.1, -0.05) is 0 Å². The SMILES string of the molecule is O.O.O.O.O=P([O-])([O-])[O-].O=P([O-])([O-])[O-].O=P([O-])([O-])[O-].[Al+3].[Al+3].[Al+3].[Al+3].[OH-].[OH-].[OH-]. The molecule has 19 nitrogen and oxygen atoms in total. The van der Waals surface area contributed by atoms with Gasteiger partial charge in [-0.15, -0.1) is 0 Å². The molecule has 26 heavy (non-hydrogen) atoms. The van der Waals surface area contributed by atoms with E-state index in [0.717, 1.165) is 0 Å². The first-order valence-corrected chi connectivity index (χ1v) is 6.57. The van der Waals surface area contributed by atoms with Crippen LogP contribution in [0.15, 0.2) is 0 Å². The average Bonchev–Trinajstić information content (AvgIpc) is 1.41. The third-order valence-corrected chi connectivity index (χ3v) is 0. The summed E-state index contributed by atoms with van der Waals surface area (Å²) in [5.74, 6) is 0. The summed E-state index contributed by atoms with van der Waals surface area (Å²) in [6.07, 6.45) is 0. The summed E-state index contributed by atoms with van der Waals surface area (Å²) in [5, 5.41) is 0. The molecule has 0 aliphatic heterocycles. The Hall–Kier alpha value is 2.18. The fourth-order valence-corrected chi connectivity index (χ4v) is 0. The molecule has 0 fully saturated rings. The van der Waals surface area contributed by atoms with Crippen molar-refractivity contribution in [1.82, 2.24) is 0 Å².